The van der Waals surface area contributed by atoms with E-state index in [0.29, 0.717) is 11.5 Å². The van der Waals surface area contributed by atoms with Crippen molar-refractivity contribution < 1.29 is 8.83 Å². The number of nitrogens with zero attached hydrogens (tertiary/aromatic N) is 4. The molecule has 12 rings (SSSR count). The standard InChI is InChI=1S/C46H26N4O2/c1-2-14-27(15-3-1)42-45(48-46-43(47-42)32-20-8-13-25-38(32)52-46)50-35-23-11-6-18-30(35)41-40-31-19-7-12-24-37(31)51-39(40)26-36(44(41)50)49-33-21-9-4-16-28(33)29-17-5-10-22-34(29)49/h1-26H. The molecule has 7 aromatic carbocycles. The Morgan fingerprint density at radius 2 is 0.981 bits per heavy atom. The van der Waals surface area contributed by atoms with E-state index in [1.807, 2.05) is 36.4 Å². The molecule has 12 aromatic rings. The van der Waals surface area contributed by atoms with Gasteiger partial charge in [-0.15, -0.1) is 0 Å². The summed E-state index contributed by atoms with van der Waals surface area (Å²) < 4.78 is 17.8. The average Bonchev–Trinajstić information content (AvgIpc) is 3.95. The third-order valence-electron chi connectivity index (χ3n) is 10.5. The Labute approximate surface area is 295 Å². The normalized spacial score (nSPS) is 12.2. The summed E-state index contributed by atoms with van der Waals surface area (Å²) in [5.41, 5.74) is 10.6. The van der Waals surface area contributed by atoms with Crippen LogP contribution in [0.3, 0.4) is 0 Å². The van der Waals surface area contributed by atoms with Crippen LogP contribution in [-0.4, -0.2) is 19.1 Å². The molecule has 0 spiro atoms. The third kappa shape index (κ3) is 3.62. The van der Waals surface area contributed by atoms with Gasteiger partial charge in [-0.3, -0.25) is 4.57 Å². The van der Waals surface area contributed by atoms with Crippen LogP contribution in [0.4, 0.5) is 0 Å². The van der Waals surface area contributed by atoms with Gasteiger partial charge in [0.15, 0.2) is 5.82 Å². The highest BCUT2D eigenvalue weighted by molar-refractivity contribution is 6.29. The molecule has 242 valence electrons. The summed E-state index contributed by atoms with van der Waals surface area (Å²) in [5.74, 6) is 0.693. The number of fused-ring (bicyclic) bond motifs is 13. The van der Waals surface area contributed by atoms with E-state index in [9.17, 15) is 0 Å². The fourth-order valence-electron chi connectivity index (χ4n) is 8.38. The van der Waals surface area contributed by atoms with Gasteiger partial charge in [0.1, 0.15) is 28.0 Å². The predicted octanol–water partition coefficient (Wildman–Crippen LogP) is 12.1. The summed E-state index contributed by atoms with van der Waals surface area (Å²) in [6.45, 7) is 0. The maximum absolute atomic E-state index is 6.71. The Kier molecular flexibility index (Phi) is 5.41. The summed E-state index contributed by atoms with van der Waals surface area (Å²) in [7, 11) is 0. The Balaban J connectivity index is 1.35. The van der Waals surface area contributed by atoms with E-state index in [1.165, 1.54) is 10.8 Å². The first-order valence-corrected chi connectivity index (χ1v) is 17.4. The Hall–Kier alpha value is -7.18. The molecule has 0 N–H and O–H groups in total. The van der Waals surface area contributed by atoms with Crippen LogP contribution in [0.15, 0.2) is 167 Å². The van der Waals surface area contributed by atoms with Crippen LogP contribution in [0.1, 0.15) is 0 Å². The molecule has 0 aliphatic heterocycles. The van der Waals surface area contributed by atoms with Crippen LogP contribution in [0, 0.1) is 0 Å². The van der Waals surface area contributed by atoms with Gasteiger partial charge in [0.25, 0.3) is 0 Å². The molecule has 0 unspecified atom stereocenters. The van der Waals surface area contributed by atoms with Gasteiger partial charge in [0, 0.05) is 49.3 Å². The van der Waals surface area contributed by atoms with Crippen molar-refractivity contribution in [2.45, 2.75) is 0 Å². The number of rotatable bonds is 3. The molecular formula is C46H26N4O2. The van der Waals surface area contributed by atoms with Crippen molar-refractivity contribution in [1.29, 1.82) is 0 Å². The molecule has 0 radical (unpaired) electrons. The zero-order chi connectivity index (χ0) is 33.9. The van der Waals surface area contributed by atoms with E-state index in [-0.39, 0.29) is 0 Å². The number of para-hydroxylation sites is 5. The lowest BCUT2D eigenvalue weighted by atomic mass is 10.0. The molecule has 5 aromatic heterocycles. The van der Waals surface area contributed by atoms with Crippen molar-refractivity contribution in [2.24, 2.45) is 0 Å². The molecule has 0 aliphatic rings. The van der Waals surface area contributed by atoms with Crippen molar-refractivity contribution in [3.63, 3.8) is 0 Å². The van der Waals surface area contributed by atoms with Gasteiger partial charge in [-0.2, -0.15) is 4.98 Å². The third-order valence-corrected chi connectivity index (χ3v) is 10.5. The Morgan fingerprint density at radius 1 is 0.423 bits per heavy atom. The SMILES string of the molecule is c1ccc(-c2nc3c(nc2-n2c4ccccc4c4c5c(cc(-n6c7ccccc7c7ccccc76)c42)oc2ccccc25)oc2ccccc23)cc1. The van der Waals surface area contributed by atoms with E-state index < -0.39 is 0 Å². The van der Waals surface area contributed by atoms with Crippen LogP contribution in [-0.2, 0) is 0 Å². The molecule has 0 saturated heterocycles. The second-order valence-corrected chi connectivity index (χ2v) is 13.3. The maximum atomic E-state index is 6.71. The lowest BCUT2D eigenvalue weighted by Gasteiger charge is -2.16. The molecule has 6 heteroatoms. The molecule has 0 atom stereocenters. The Bertz CT molecular complexity index is 3360. The maximum Gasteiger partial charge on any atom is 0.248 e. The minimum absolute atomic E-state index is 0.495. The molecule has 52 heavy (non-hydrogen) atoms. The molecule has 0 bridgehead atoms. The van der Waals surface area contributed by atoms with Gasteiger partial charge in [-0.05, 0) is 36.4 Å². The minimum atomic E-state index is 0.495. The zero-order valence-corrected chi connectivity index (χ0v) is 27.6. The second-order valence-electron chi connectivity index (χ2n) is 13.3. The van der Waals surface area contributed by atoms with Crippen LogP contribution < -0.4 is 0 Å². The molecule has 0 amide bonds. The van der Waals surface area contributed by atoms with Gasteiger partial charge in [0.2, 0.25) is 5.71 Å². The second kappa shape index (κ2) is 10.2. The van der Waals surface area contributed by atoms with Crippen LogP contribution in [0.25, 0.3) is 111 Å². The summed E-state index contributed by atoms with van der Waals surface area (Å²) in [5, 5.41) is 7.65. The predicted molar refractivity (Wildman–Crippen MR) is 211 cm³/mol. The highest BCUT2D eigenvalue weighted by Crippen LogP contribution is 2.46. The number of benzene rings is 7. The van der Waals surface area contributed by atoms with Crippen LogP contribution in [0.2, 0.25) is 0 Å². The summed E-state index contributed by atoms with van der Waals surface area (Å²) in [6.07, 6.45) is 0. The molecule has 0 aliphatic carbocycles. The fourth-order valence-corrected chi connectivity index (χ4v) is 8.38. The van der Waals surface area contributed by atoms with Crippen molar-refractivity contribution in [1.82, 2.24) is 19.1 Å². The molecular weight excluding hydrogens is 641 g/mol. The van der Waals surface area contributed by atoms with Gasteiger partial charge in [-0.25, -0.2) is 4.98 Å². The van der Waals surface area contributed by atoms with E-state index in [1.54, 1.807) is 0 Å². The van der Waals surface area contributed by atoms with E-state index in [2.05, 4.69) is 130 Å². The lowest BCUT2D eigenvalue weighted by Crippen LogP contribution is -2.05. The average molecular weight is 667 g/mol. The number of hydrogen-bond donors (Lipinski definition) is 0. The topological polar surface area (TPSA) is 61.9 Å². The first-order chi connectivity index (χ1) is 25.8. The quantitative estimate of drug-likeness (QED) is 0.188. The first kappa shape index (κ1) is 27.6. The smallest absolute Gasteiger partial charge is 0.248 e. The van der Waals surface area contributed by atoms with Crippen molar-refractivity contribution in [3.05, 3.63) is 158 Å². The molecule has 6 nitrogen and oxygen atoms in total. The summed E-state index contributed by atoms with van der Waals surface area (Å²) in [6, 6.07) is 54.7. The fraction of sp³-hybridized carbons (Fsp3) is 0. The van der Waals surface area contributed by atoms with Gasteiger partial charge < -0.3 is 13.4 Å². The first-order valence-electron chi connectivity index (χ1n) is 17.4. The number of aromatic nitrogens is 4. The van der Waals surface area contributed by atoms with Crippen LogP contribution in [0.5, 0.6) is 0 Å². The molecule has 0 fully saturated rings. The summed E-state index contributed by atoms with van der Waals surface area (Å²) >= 11 is 0. The van der Waals surface area contributed by atoms with Crippen molar-refractivity contribution in [3.8, 4) is 22.8 Å². The van der Waals surface area contributed by atoms with Crippen molar-refractivity contribution >= 4 is 87.7 Å². The Morgan fingerprint density at radius 3 is 1.69 bits per heavy atom. The zero-order valence-electron chi connectivity index (χ0n) is 27.6. The molecule has 0 saturated carbocycles. The highest BCUT2D eigenvalue weighted by atomic mass is 16.3. The van der Waals surface area contributed by atoms with Gasteiger partial charge in [0.05, 0.1) is 27.8 Å². The minimum Gasteiger partial charge on any atom is -0.456 e. The van der Waals surface area contributed by atoms with Gasteiger partial charge >= 0.3 is 0 Å². The van der Waals surface area contributed by atoms with E-state index >= 15 is 0 Å². The number of furan rings is 2. The number of hydrogen-bond acceptors (Lipinski definition) is 4. The summed E-state index contributed by atoms with van der Waals surface area (Å²) in [4.78, 5) is 10.8. The molecule has 5 heterocycles. The van der Waals surface area contributed by atoms with Crippen molar-refractivity contribution in [2.75, 3.05) is 0 Å². The van der Waals surface area contributed by atoms with Crippen LogP contribution >= 0.6 is 0 Å². The lowest BCUT2D eigenvalue weighted by molar-refractivity contribution is 0.652. The monoisotopic (exact) mass is 666 g/mol. The van der Waals surface area contributed by atoms with Gasteiger partial charge in [-0.1, -0.05) is 115 Å². The van der Waals surface area contributed by atoms with E-state index in [0.717, 1.165) is 88.2 Å². The largest absolute Gasteiger partial charge is 0.456 e. The van der Waals surface area contributed by atoms with E-state index in [4.69, 9.17) is 18.8 Å². The highest BCUT2D eigenvalue weighted by Gasteiger charge is 2.27.